The second kappa shape index (κ2) is 8.14. The van der Waals surface area contributed by atoms with Crippen LogP contribution in [0.2, 0.25) is 0 Å². The van der Waals surface area contributed by atoms with E-state index in [0.29, 0.717) is 18.7 Å². The van der Waals surface area contributed by atoms with Crippen LogP contribution in [0.1, 0.15) is 34.5 Å². The molecule has 3 N–H and O–H groups in total. The van der Waals surface area contributed by atoms with Crippen LogP contribution in [-0.4, -0.2) is 34.8 Å². The largest absolute Gasteiger partial charge is 0.350 e. The number of benzene rings is 1. The molecule has 0 radical (unpaired) electrons. The molecule has 0 spiro atoms. The molecule has 0 saturated heterocycles. The van der Waals surface area contributed by atoms with Crippen LogP contribution in [0.3, 0.4) is 0 Å². The molecule has 1 heterocycles. The van der Waals surface area contributed by atoms with Crippen LogP contribution in [-0.2, 0) is 7.05 Å². The van der Waals surface area contributed by atoms with E-state index in [2.05, 4.69) is 21.0 Å². The summed E-state index contributed by atoms with van der Waals surface area (Å²) in [6.45, 7) is 4.57. The van der Waals surface area contributed by atoms with Crippen molar-refractivity contribution in [2.24, 2.45) is 7.05 Å². The molecule has 0 bridgehead atoms. The fraction of sp³-hybridized carbons (Fsp3) is 0.353. The number of urea groups is 1. The molecule has 1 aromatic heterocycles. The molecule has 1 atom stereocenters. The Hall–Kier alpha value is -2.83. The fourth-order valence-corrected chi connectivity index (χ4v) is 2.15. The molecule has 7 nitrogen and oxygen atoms in total. The van der Waals surface area contributed by atoms with Gasteiger partial charge in [-0.05, 0) is 26.0 Å². The summed E-state index contributed by atoms with van der Waals surface area (Å²) in [6, 6.07) is 6.92. The lowest BCUT2D eigenvalue weighted by Crippen LogP contribution is -2.41. The van der Waals surface area contributed by atoms with Crippen LogP contribution in [0.15, 0.2) is 36.7 Å². The first-order valence-electron chi connectivity index (χ1n) is 7.83. The Labute approximate surface area is 141 Å². The van der Waals surface area contributed by atoms with E-state index in [9.17, 15) is 9.59 Å². The Kier molecular flexibility index (Phi) is 5.95. The summed E-state index contributed by atoms with van der Waals surface area (Å²) >= 11 is 0. The van der Waals surface area contributed by atoms with Gasteiger partial charge in [0.15, 0.2) is 0 Å². The van der Waals surface area contributed by atoms with Crippen molar-refractivity contribution in [3.63, 3.8) is 0 Å². The van der Waals surface area contributed by atoms with Crippen LogP contribution >= 0.6 is 0 Å². The van der Waals surface area contributed by atoms with Crippen molar-refractivity contribution in [2.75, 3.05) is 13.1 Å². The Morgan fingerprint density at radius 1 is 1.17 bits per heavy atom. The lowest BCUT2D eigenvalue weighted by molar-refractivity contribution is 0.0954. The van der Waals surface area contributed by atoms with Crippen molar-refractivity contribution in [1.29, 1.82) is 0 Å². The third-order valence-corrected chi connectivity index (χ3v) is 3.58. The van der Waals surface area contributed by atoms with Crippen LogP contribution < -0.4 is 16.0 Å². The number of amides is 3. The molecule has 3 amide bonds. The number of hydrogen-bond donors (Lipinski definition) is 3. The maximum atomic E-state index is 11.9. The topological polar surface area (TPSA) is 88.1 Å². The van der Waals surface area contributed by atoms with E-state index in [1.54, 1.807) is 23.0 Å². The summed E-state index contributed by atoms with van der Waals surface area (Å²) < 4.78 is 1.69. The van der Waals surface area contributed by atoms with Gasteiger partial charge < -0.3 is 16.0 Å². The number of aromatic nitrogens is 2. The molecule has 24 heavy (non-hydrogen) atoms. The lowest BCUT2D eigenvalue weighted by Gasteiger charge is -2.13. The molecule has 1 unspecified atom stereocenters. The number of aryl methyl sites for hydroxylation is 2. The van der Waals surface area contributed by atoms with E-state index in [1.807, 2.05) is 39.2 Å². The van der Waals surface area contributed by atoms with Crippen LogP contribution in [0, 0.1) is 6.92 Å². The standard InChI is InChI=1S/C17H23N5O2/c1-12-4-6-14(7-5-12)16(23)18-8-9-19-17(24)21-13(2)15-10-20-22(3)11-15/h4-7,10-11,13H,8-9H2,1-3H3,(H,18,23)(H2,19,21,24). The molecule has 128 valence electrons. The van der Waals surface area contributed by atoms with Gasteiger partial charge in [-0.15, -0.1) is 0 Å². The summed E-state index contributed by atoms with van der Waals surface area (Å²) in [5.41, 5.74) is 2.64. The minimum absolute atomic E-state index is 0.138. The van der Waals surface area contributed by atoms with Crippen LogP contribution in [0.25, 0.3) is 0 Å². The van der Waals surface area contributed by atoms with Gasteiger partial charge in [0.05, 0.1) is 12.2 Å². The second-order valence-corrected chi connectivity index (χ2v) is 5.69. The SMILES string of the molecule is Cc1ccc(C(=O)NCCNC(=O)NC(C)c2cnn(C)c2)cc1. The van der Waals surface area contributed by atoms with E-state index < -0.39 is 0 Å². The zero-order valence-electron chi connectivity index (χ0n) is 14.2. The summed E-state index contributed by atoms with van der Waals surface area (Å²) in [6.07, 6.45) is 3.57. The molecule has 1 aromatic carbocycles. The van der Waals surface area contributed by atoms with Crippen molar-refractivity contribution in [3.05, 3.63) is 53.3 Å². The van der Waals surface area contributed by atoms with Gasteiger partial charge in [-0.2, -0.15) is 5.10 Å². The van der Waals surface area contributed by atoms with Gasteiger partial charge in [-0.3, -0.25) is 9.48 Å². The quantitative estimate of drug-likeness (QED) is 0.702. The van der Waals surface area contributed by atoms with Gasteiger partial charge in [-0.1, -0.05) is 17.7 Å². The Morgan fingerprint density at radius 2 is 1.83 bits per heavy atom. The molecular formula is C17H23N5O2. The summed E-state index contributed by atoms with van der Waals surface area (Å²) in [4.78, 5) is 23.7. The van der Waals surface area contributed by atoms with Gasteiger partial charge in [0.1, 0.15) is 0 Å². The number of rotatable bonds is 6. The first-order valence-corrected chi connectivity index (χ1v) is 7.83. The van der Waals surface area contributed by atoms with Gasteiger partial charge >= 0.3 is 6.03 Å². The average molecular weight is 329 g/mol. The van der Waals surface area contributed by atoms with Gasteiger partial charge in [0.25, 0.3) is 5.91 Å². The fourth-order valence-electron chi connectivity index (χ4n) is 2.15. The minimum Gasteiger partial charge on any atom is -0.350 e. The van der Waals surface area contributed by atoms with Crippen molar-refractivity contribution in [1.82, 2.24) is 25.7 Å². The summed E-state index contributed by atoms with van der Waals surface area (Å²) in [5.74, 6) is -0.152. The van der Waals surface area contributed by atoms with E-state index >= 15 is 0 Å². The molecule has 2 aromatic rings. The first-order chi connectivity index (χ1) is 11.5. The third-order valence-electron chi connectivity index (χ3n) is 3.58. The van der Waals surface area contributed by atoms with Crippen LogP contribution in [0.4, 0.5) is 4.79 Å². The molecule has 0 saturated carbocycles. The monoisotopic (exact) mass is 329 g/mol. The number of nitrogens with one attached hydrogen (secondary N) is 3. The molecule has 0 aliphatic rings. The second-order valence-electron chi connectivity index (χ2n) is 5.69. The maximum absolute atomic E-state index is 11.9. The third kappa shape index (κ3) is 5.12. The molecule has 7 heteroatoms. The molecule has 2 rings (SSSR count). The average Bonchev–Trinajstić information content (AvgIpc) is 2.98. The van der Waals surface area contributed by atoms with Crippen LogP contribution in [0.5, 0.6) is 0 Å². The number of nitrogens with zero attached hydrogens (tertiary/aromatic N) is 2. The molecule has 0 aliphatic heterocycles. The van der Waals surface area contributed by atoms with E-state index in [4.69, 9.17) is 0 Å². The van der Waals surface area contributed by atoms with E-state index in [1.165, 1.54) is 0 Å². The summed E-state index contributed by atoms with van der Waals surface area (Å²) in [7, 11) is 1.83. The van der Waals surface area contributed by atoms with Gasteiger partial charge in [-0.25, -0.2) is 4.79 Å². The number of carbonyl (C=O) groups excluding carboxylic acids is 2. The van der Waals surface area contributed by atoms with E-state index in [-0.39, 0.29) is 18.0 Å². The zero-order valence-corrected chi connectivity index (χ0v) is 14.2. The predicted octanol–water partition coefficient (Wildman–Crippen LogP) is 1.52. The predicted molar refractivity (Wildman–Crippen MR) is 91.7 cm³/mol. The van der Waals surface area contributed by atoms with E-state index in [0.717, 1.165) is 11.1 Å². The van der Waals surface area contributed by atoms with Crippen molar-refractivity contribution >= 4 is 11.9 Å². The normalized spacial score (nSPS) is 11.6. The highest BCUT2D eigenvalue weighted by Crippen LogP contribution is 2.09. The Bertz CT molecular complexity index is 693. The van der Waals surface area contributed by atoms with Gasteiger partial charge in [0, 0.05) is 37.5 Å². The highest BCUT2D eigenvalue weighted by atomic mass is 16.2. The molecular weight excluding hydrogens is 306 g/mol. The van der Waals surface area contributed by atoms with Crippen molar-refractivity contribution in [2.45, 2.75) is 19.9 Å². The van der Waals surface area contributed by atoms with Crippen molar-refractivity contribution < 1.29 is 9.59 Å². The Balaban J connectivity index is 1.67. The summed E-state index contributed by atoms with van der Waals surface area (Å²) in [5, 5.41) is 12.4. The number of carbonyl (C=O) groups is 2. The van der Waals surface area contributed by atoms with Gasteiger partial charge in [0.2, 0.25) is 0 Å². The lowest BCUT2D eigenvalue weighted by atomic mass is 10.1. The first kappa shape index (κ1) is 17.5. The van der Waals surface area contributed by atoms with Crippen molar-refractivity contribution in [3.8, 4) is 0 Å². The minimum atomic E-state index is -0.282. The highest BCUT2D eigenvalue weighted by Gasteiger charge is 2.10. The molecule has 0 fully saturated rings. The zero-order chi connectivity index (χ0) is 17.5. The smallest absolute Gasteiger partial charge is 0.315 e. The Morgan fingerprint density at radius 3 is 2.46 bits per heavy atom. The molecule has 0 aliphatic carbocycles. The maximum Gasteiger partial charge on any atom is 0.315 e. The highest BCUT2D eigenvalue weighted by molar-refractivity contribution is 5.94. The number of hydrogen-bond acceptors (Lipinski definition) is 3.